The fraction of sp³-hybridized carbons (Fsp3) is 0.316. The van der Waals surface area contributed by atoms with Crippen LogP contribution < -0.4 is 5.32 Å². The maximum Gasteiger partial charge on any atom is 0.252 e. The van der Waals surface area contributed by atoms with Crippen LogP contribution in [0, 0.1) is 5.41 Å². The molecule has 0 aliphatic carbocycles. The molecule has 0 radical (unpaired) electrons. The molecular formula is C19H22N4O2. The van der Waals surface area contributed by atoms with Crippen molar-refractivity contribution in [2.24, 2.45) is 5.41 Å². The molecule has 1 aromatic carbocycles. The van der Waals surface area contributed by atoms with Gasteiger partial charge in [0.1, 0.15) is 12.1 Å². The second kappa shape index (κ2) is 6.64. The van der Waals surface area contributed by atoms with Crippen molar-refractivity contribution in [1.29, 1.82) is 0 Å². The summed E-state index contributed by atoms with van der Waals surface area (Å²) in [4.78, 5) is 20.9. The van der Waals surface area contributed by atoms with Gasteiger partial charge in [-0.2, -0.15) is 0 Å². The van der Waals surface area contributed by atoms with E-state index in [4.69, 9.17) is 0 Å². The van der Waals surface area contributed by atoms with Crippen LogP contribution in [0.2, 0.25) is 0 Å². The number of nitrogens with one attached hydrogen (secondary N) is 1. The number of aliphatic hydroxyl groups excluding tert-OH is 1. The van der Waals surface area contributed by atoms with Crippen LogP contribution in [0.1, 0.15) is 31.1 Å². The van der Waals surface area contributed by atoms with Gasteiger partial charge < -0.3 is 10.4 Å². The lowest BCUT2D eigenvalue weighted by molar-refractivity contribution is 0.0587. The predicted octanol–water partition coefficient (Wildman–Crippen LogP) is 2.56. The number of pyridine rings is 1. The first kappa shape index (κ1) is 17.1. The summed E-state index contributed by atoms with van der Waals surface area (Å²) in [6, 6.07) is 11.3. The number of aliphatic hydroxyl groups is 1. The molecule has 1 amide bonds. The molecule has 2 heterocycles. The van der Waals surface area contributed by atoms with Crippen LogP contribution in [0.5, 0.6) is 0 Å². The SMILES string of the molecule is CC(C)(C)C(O)CNC(=O)c1ccc(-n2cnc3ccccc32)nc1. The topological polar surface area (TPSA) is 80.0 Å². The summed E-state index contributed by atoms with van der Waals surface area (Å²) in [5, 5.41) is 12.8. The molecule has 3 rings (SSSR count). The Hall–Kier alpha value is -2.73. The van der Waals surface area contributed by atoms with Gasteiger partial charge >= 0.3 is 0 Å². The van der Waals surface area contributed by atoms with Crippen molar-refractivity contribution in [3.05, 3.63) is 54.5 Å². The molecule has 0 aliphatic heterocycles. The van der Waals surface area contributed by atoms with Crippen LogP contribution >= 0.6 is 0 Å². The summed E-state index contributed by atoms with van der Waals surface area (Å²) >= 11 is 0. The number of aromatic nitrogens is 3. The molecule has 2 aromatic heterocycles. The number of carbonyl (C=O) groups excluding carboxylic acids is 1. The highest BCUT2D eigenvalue weighted by atomic mass is 16.3. The van der Waals surface area contributed by atoms with Gasteiger partial charge in [0.2, 0.25) is 0 Å². The van der Waals surface area contributed by atoms with Gasteiger partial charge in [0.15, 0.2) is 0 Å². The summed E-state index contributed by atoms with van der Waals surface area (Å²) in [6.07, 6.45) is 2.64. The predicted molar refractivity (Wildman–Crippen MR) is 96.7 cm³/mol. The Bertz CT molecular complexity index is 878. The second-order valence-corrected chi connectivity index (χ2v) is 7.10. The molecule has 0 saturated heterocycles. The van der Waals surface area contributed by atoms with Crippen LogP contribution in [-0.2, 0) is 0 Å². The Labute approximate surface area is 146 Å². The lowest BCUT2D eigenvalue weighted by atomic mass is 9.89. The van der Waals surface area contributed by atoms with Crippen molar-refractivity contribution in [3.8, 4) is 5.82 Å². The number of nitrogens with zero attached hydrogens (tertiary/aromatic N) is 3. The summed E-state index contributed by atoms with van der Waals surface area (Å²) in [7, 11) is 0. The molecule has 0 saturated carbocycles. The normalized spacial score (nSPS) is 13.0. The summed E-state index contributed by atoms with van der Waals surface area (Å²) < 4.78 is 1.88. The first-order chi connectivity index (χ1) is 11.9. The van der Waals surface area contributed by atoms with E-state index in [1.165, 1.54) is 6.20 Å². The lowest BCUT2D eigenvalue weighted by Crippen LogP contribution is -2.39. The van der Waals surface area contributed by atoms with Crippen molar-refractivity contribution in [2.75, 3.05) is 6.54 Å². The van der Waals surface area contributed by atoms with Gasteiger partial charge in [0, 0.05) is 12.7 Å². The minimum Gasteiger partial charge on any atom is -0.391 e. The molecule has 130 valence electrons. The van der Waals surface area contributed by atoms with Crippen molar-refractivity contribution in [1.82, 2.24) is 19.9 Å². The Morgan fingerprint density at radius 3 is 2.64 bits per heavy atom. The molecule has 1 unspecified atom stereocenters. The van der Waals surface area contributed by atoms with Crippen LogP contribution in [-0.4, -0.2) is 38.2 Å². The minimum atomic E-state index is -0.610. The van der Waals surface area contributed by atoms with E-state index >= 15 is 0 Å². The number of imidazole rings is 1. The van der Waals surface area contributed by atoms with Gasteiger partial charge in [-0.3, -0.25) is 9.36 Å². The van der Waals surface area contributed by atoms with Gasteiger partial charge in [-0.15, -0.1) is 0 Å². The highest BCUT2D eigenvalue weighted by molar-refractivity contribution is 5.94. The average Bonchev–Trinajstić information content (AvgIpc) is 3.02. The van der Waals surface area contributed by atoms with E-state index < -0.39 is 6.10 Å². The van der Waals surface area contributed by atoms with Crippen molar-refractivity contribution in [3.63, 3.8) is 0 Å². The third kappa shape index (κ3) is 3.69. The molecule has 0 bridgehead atoms. The van der Waals surface area contributed by atoms with E-state index in [0.717, 1.165) is 11.0 Å². The Kier molecular flexibility index (Phi) is 4.55. The summed E-state index contributed by atoms with van der Waals surface area (Å²) in [5.41, 5.74) is 2.02. The fourth-order valence-corrected chi connectivity index (χ4v) is 2.40. The maximum absolute atomic E-state index is 12.2. The van der Waals surface area contributed by atoms with E-state index in [9.17, 15) is 9.90 Å². The van der Waals surface area contributed by atoms with E-state index in [0.29, 0.717) is 11.4 Å². The third-order valence-electron chi connectivity index (χ3n) is 4.17. The Morgan fingerprint density at radius 2 is 1.96 bits per heavy atom. The molecule has 2 N–H and O–H groups in total. The lowest BCUT2D eigenvalue weighted by Gasteiger charge is -2.25. The number of para-hydroxylation sites is 2. The number of hydrogen-bond donors (Lipinski definition) is 2. The van der Waals surface area contributed by atoms with Gasteiger partial charge in [-0.1, -0.05) is 32.9 Å². The zero-order chi connectivity index (χ0) is 18.0. The number of hydrogen-bond acceptors (Lipinski definition) is 4. The van der Waals surface area contributed by atoms with Gasteiger partial charge in [-0.05, 0) is 29.7 Å². The van der Waals surface area contributed by atoms with Crippen LogP contribution in [0.4, 0.5) is 0 Å². The number of amides is 1. The van der Waals surface area contributed by atoms with Gasteiger partial charge in [-0.25, -0.2) is 9.97 Å². The molecule has 0 aliphatic rings. The fourth-order valence-electron chi connectivity index (χ4n) is 2.40. The zero-order valence-corrected chi connectivity index (χ0v) is 14.6. The highest BCUT2D eigenvalue weighted by Crippen LogP contribution is 2.19. The second-order valence-electron chi connectivity index (χ2n) is 7.10. The minimum absolute atomic E-state index is 0.205. The molecule has 0 spiro atoms. The van der Waals surface area contributed by atoms with Crippen molar-refractivity contribution >= 4 is 16.9 Å². The molecular weight excluding hydrogens is 316 g/mol. The Morgan fingerprint density at radius 1 is 1.20 bits per heavy atom. The molecule has 6 nitrogen and oxygen atoms in total. The largest absolute Gasteiger partial charge is 0.391 e. The maximum atomic E-state index is 12.2. The summed E-state index contributed by atoms with van der Waals surface area (Å²) in [5.74, 6) is 0.442. The number of fused-ring (bicyclic) bond motifs is 1. The molecule has 25 heavy (non-hydrogen) atoms. The summed E-state index contributed by atoms with van der Waals surface area (Å²) in [6.45, 7) is 5.98. The number of rotatable bonds is 4. The smallest absolute Gasteiger partial charge is 0.252 e. The molecule has 0 fully saturated rings. The van der Waals surface area contributed by atoms with E-state index in [1.54, 1.807) is 18.5 Å². The third-order valence-corrected chi connectivity index (χ3v) is 4.17. The number of benzene rings is 1. The van der Waals surface area contributed by atoms with Crippen molar-refractivity contribution in [2.45, 2.75) is 26.9 Å². The Balaban J connectivity index is 1.73. The van der Waals surface area contributed by atoms with Crippen LogP contribution in [0.3, 0.4) is 0 Å². The average molecular weight is 338 g/mol. The van der Waals surface area contributed by atoms with Crippen LogP contribution in [0.25, 0.3) is 16.9 Å². The molecule has 6 heteroatoms. The monoisotopic (exact) mass is 338 g/mol. The quantitative estimate of drug-likeness (QED) is 0.766. The van der Waals surface area contributed by atoms with Gasteiger partial charge in [0.05, 0.1) is 22.7 Å². The zero-order valence-electron chi connectivity index (χ0n) is 14.6. The standard InChI is InChI=1S/C19H22N4O2/c1-19(2,3)16(24)11-21-18(25)13-8-9-17(20-10-13)23-12-22-14-6-4-5-7-15(14)23/h4-10,12,16,24H,11H2,1-3H3,(H,21,25). The van der Waals surface area contributed by atoms with E-state index in [-0.39, 0.29) is 17.9 Å². The van der Waals surface area contributed by atoms with Gasteiger partial charge in [0.25, 0.3) is 5.91 Å². The highest BCUT2D eigenvalue weighted by Gasteiger charge is 2.22. The van der Waals surface area contributed by atoms with E-state index in [2.05, 4.69) is 15.3 Å². The molecule has 3 aromatic rings. The van der Waals surface area contributed by atoms with E-state index in [1.807, 2.05) is 49.6 Å². The molecule has 1 atom stereocenters. The van der Waals surface area contributed by atoms with Crippen LogP contribution in [0.15, 0.2) is 48.9 Å². The first-order valence-electron chi connectivity index (χ1n) is 8.21. The first-order valence-corrected chi connectivity index (χ1v) is 8.21. The number of carbonyl (C=O) groups is 1. The van der Waals surface area contributed by atoms with Crippen molar-refractivity contribution < 1.29 is 9.90 Å².